The van der Waals surface area contributed by atoms with Crippen molar-refractivity contribution in [1.82, 2.24) is 5.32 Å². The zero-order chi connectivity index (χ0) is 10.7. The predicted molar refractivity (Wildman–Crippen MR) is 61.5 cm³/mol. The van der Waals surface area contributed by atoms with Crippen molar-refractivity contribution in [2.24, 2.45) is 4.99 Å². The number of Topliss-reactive ketones (excluding diaryl/α,β-unsaturated/α-hetero) is 1. The molecule has 0 fully saturated rings. The van der Waals surface area contributed by atoms with Gasteiger partial charge in [-0.2, -0.15) is 0 Å². The zero-order valence-corrected chi connectivity index (χ0v) is 9.86. The summed E-state index contributed by atoms with van der Waals surface area (Å²) in [5, 5.41) is 4.04. The number of thioether (sulfide) groups is 1. The number of hydrogen-bond donors (Lipinski definition) is 1. The van der Waals surface area contributed by atoms with Crippen molar-refractivity contribution >= 4 is 22.7 Å². The molecule has 4 heteroatoms. The Labute approximate surface area is 89.1 Å². The summed E-state index contributed by atoms with van der Waals surface area (Å²) >= 11 is 1.58. The normalized spacial score (nSPS) is 21.7. The van der Waals surface area contributed by atoms with Gasteiger partial charge in [-0.25, -0.2) is 0 Å². The molecule has 0 saturated heterocycles. The van der Waals surface area contributed by atoms with Crippen LogP contribution in [0.3, 0.4) is 0 Å². The van der Waals surface area contributed by atoms with E-state index in [2.05, 4.69) is 10.3 Å². The Bertz CT molecular complexity index is 307. The Hall–Kier alpha value is -0.770. The SMILES string of the molecule is CCC1N=C(SC)NC(C)=C1C(C)=O. The van der Waals surface area contributed by atoms with Crippen LogP contribution in [0, 0.1) is 0 Å². The smallest absolute Gasteiger partial charge is 0.161 e. The van der Waals surface area contributed by atoms with Gasteiger partial charge in [-0.3, -0.25) is 9.79 Å². The van der Waals surface area contributed by atoms with Gasteiger partial charge in [-0.1, -0.05) is 18.7 Å². The summed E-state index contributed by atoms with van der Waals surface area (Å²) < 4.78 is 0. The lowest BCUT2D eigenvalue weighted by molar-refractivity contribution is -0.113. The molecule has 1 rings (SSSR count). The highest BCUT2D eigenvalue weighted by Crippen LogP contribution is 2.21. The van der Waals surface area contributed by atoms with Crippen molar-refractivity contribution in [1.29, 1.82) is 0 Å². The third-order valence-corrected chi connectivity index (χ3v) is 2.86. The van der Waals surface area contributed by atoms with E-state index in [9.17, 15) is 4.79 Å². The molecule has 1 aliphatic heterocycles. The second kappa shape index (κ2) is 4.64. The van der Waals surface area contributed by atoms with E-state index in [0.717, 1.165) is 22.9 Å². The van der Waals surface area contributed by atoms with Gasteiger partial charge in [0.05, 0.1) is 6.04 Å². The standard InChI is InChI=1S/C10H16N2OS/c1-5-8-9(7(3)13)6(2)11-10(12-8)14-4/h8H,5H2,1-4H3,(H,11,12). The van der Waals surface area contributed by atoms with E-state index in [0.29, 0.717) is 0 Å². The molecule has 0 aromatic heterocycles. The zero-order valence-electron chi connectivity index (χ0n) is 9.05. The fourth-order valence-electron chi connectivity index (χ4n) is 1.61. The Morgan fingerprint density at radius 3 is 2.71 bits per heavy atom. The van der Waals surface area contributed by atoms with Crippen molar-refractivity contribution in [3.05, 3.63) is 11.3 Å². The summed E-state index contributed by atoms with van der Waals surface area (Å²) in [6.07, 6.45) is 2.85. The van der Waals surface area contributed by atoms with Crippen LogP contribution in [0.25, 0.3) is 0 Å². The van der Waals surface area contributed by atoms with Gasteiger partial charge in [0.15, 0.2) is 11.0 Å². The minimum Gasteiger partial charge on any atom is -0.338 e. The average Bonchev–Trinajstić information content (AvgIpc) is 2.15. The van der Waals surface area contributed by atoms with Gasteiger partial charge >= 0.3 is 0 Å². The summed E-state index contributed by atoms with van der Waals surface area (Å²) in [6, 6.07) is 0.0381. The first-order valence-corrected chi connectivity index (χ1v) is 5.93. The number of amidine groups is 1. The third-order valence-electron chi connectivity index (χ3n) is 2.26. The van der Waals surface area contributed by atoms with Crippen molar-refractivity contribution in [3.8, 4) is 0 Å². The minimum atomic E-state index is 0.0381. The number of aliphatic imine (C=N–C) groups is 1. The van der Waals surface area contributed by atoms with E-state index in [1.54, 1.807) is 18.7 Å². The van der Waals surface area contributed by atoms with Gasteiger partial charge in [0, 0.05) is 11.3 Å². The average molecular weight is 212 g/mol. The summed E-state index contributed by atoms with van der Waals surface area (Å²) in [5.74, 6) is 0.116. The van der Waals surface area contributed by atoms with Gasteiger partial charge in [-0.05, 0) is 26.5 Å². The number of nitrogens with zero attached hydrogens (tertiary/aromatic N) is 1. The molecule has 0 spiro atoms. The lowest BCUT2D eigenvalue weighted by atomic mass is 9.99. The first kappa shape index (κ1) is 11.3. The molecule has 0 radical (unpaired) electrons. The van der Waals surface area contributed by atoms with Crippen LogP contribution in [0.4, 0.5) is 0 Å². The summed E-state index contributed by atoms with van der Waals surface area (Å²) in [5.41, 5.74) is 1.77. The molecule has 14 heavy (non-hydrogen) atoms. The molecule has 0 saturated carbocycles. The molecule has 0 aromatic rings. The van der Waals surface area contributed by atoms with Gasteiger partial charge in [0.2, 0.25) is 0 Å². The molecule has 1 heterocycles. The lowest BCUT2D eigenvalue weighted by Crippen LogP contribution is -2.32. The van der Waals surface area contributed by atoms with Gasteiger partial charge in [-0.15, -0.1) is 0 Å². The van der Waals surface area contributed by atoms with Crippen LogP contribution in [0.1, 0.15) is 27.2 Å². The number of nitrogens with one attached hydrogen (secondary N) is 1. The fraction of sp³-hybridized carbons (Fsp3) is 0.600. The summed E-state index contributed by atoms with van der Waals surface area (Å²) in [6.45, 7) is 5.58. The predicted octanol–water partition coefficient (Wildman–Crippen LogP) is 1.95. The molecule has 3 nitrogen and oxygen atoms in total. The highest BCUT2D eigenvalue weighted by Gasteiger charge is 2.23. The quantitative estimate of drug-likeness (QED) is 0.760. The Morgan fingerprint density at radius 2 is 2.29 bits per heavy atom. The minimum absolute atomic E-state index is 0.0381. The van der Waals surface area contributed by atoms with E-state index < -0.39 is 0 Å². The Kier molecular flexibility index (Phi) is 3.75. The first-order valence-electron chi connectivity index (χ1n) is 4.70. The van der Waals surface area contributed by atoms with E-state index in [1.165, 1.54) is 0 Å². The molecule has 1 aliphatic rings. The van der Waals surface area contributed by atoms with Crippen LogP contribution in [0.5, 0.6) is 0 Å². The third kappa shape index (κ3) is 2.18. The van der Waals surface area contributed by atoms with E-state index in [1.807, 2.05) is 20.1 Å². The maximum absolute atomic E-state index is 11.4. The van der Waals surface area contributed by atoms with Gasteiger partial charge < -0.3 is 5.32 Å². The Balaban J connectivity index is 3.00. The van der Waals surface area contributed by atoms with E-state index in [4.69, 9.17) is 0 Å². The lowest BCUT2D eigenvalue weighted by Gasteiger charge is -2.23. The topological polar surface area (TPSA) is 41.5 Å². The van der Waals surface area contributed by atoms with Crippen LogP contribution in [-0.4, -0.2) is 23.2 Å². The molecule has 0 aliphatic carbocycles. The molecule has 78 valence electrons. The Morgan fingerprint density at radius 1 is 1.64 bits per heavy atom. The molecule has 1 atom stereocenters. The largest absolute Gasteiger partial charge is 0.338 e. The number of rotatable bonds is 2. The van der Waals surface area contributed by atoms with Crippen LogP contribution < -0.4 is 5.32 Å². The van der Waals surface area contributed by atoms with Gasteiger partial charge in [0.25, 0.3) is 0 Å². The second-order valence-corrected chi connectivity index (χ2v) is 4.08. The molecular weight excluding hydrogens is 196 g/mol. The molecule has 0 aromatic carbocycles. The second-order valence-electron chi connectivity index (χ2n) is 3.28. The van der Waals surface area contributed by atoms with Crippen LogP contribution in [-0.2, 0) is 4.79 Å². The van der Waals surface area contributed by atoms with Crippen molar-refractivity contribution < 1.29 is 4.79 Å². The molecule has 1 unspecified atom stereocenters. The van der Waals surface area contributed by atoms with Gasteiger partial charge in [0.1, 0.15) is 0 Å². The first-order chi connectivity index (χ1) is 6.60. The van der Waals surface area contributed by atoms with E-state index in [-0.39, 0.29) is 11.8 Å². The van der Waals surface area contributed by atoms with Crippen LogP contribution in [0.15, 0.2) is 16.3 Å². The van der Waals surface area contributed by atoms with Crippen molar-refractivity contribution in [3.63, 3.8) is 0 Å². The number of carbonyl (C=O) groups is 1. The highest BCUT2D eigenvalue weighted by molar-refractivity contribution is 8.13. The molecular formula is C10H16N2OS. The maximum atomic E-state index is 11.4. The molecule has 1 N–H and O–H groups in total. The summed E-state index contributed by atoms with van der Waals surface area (Å²) in [4.78, 5) is 15.9. The van der Waals surface area contributed by atoms with Crippen molar-refractivity contribution in [2.45, 2.75) is 33.2 Å². The number of carbonyl (C=O) groups excluding carboxylic acids is 1. The fourth-order valence-corrected chi connectivity index (χ4v) is 2.10. The van der Waals surface area contributed by atoms with E-state index >= 15 is 0 Å². The summed E-state index contributed by atoms with van der Waals surface area (Å²) in [7, 11) is 0. The maximum Gasteiger partial charge on any atom is 0.161 e. The highest BCUT2D eigenvalue weighted by atomic mass is 32.2. The number of hydrogen-bond acceptors (Lipinski definition) is 4. The number of allylic oxidation sites excluding steroid dienone is 1. The van der Waals surface area contributed by atoms with Crippen LogP contribution >= 0.6 is 11.8 Å². The molecule has 0 bridgehead atoms. The monoisotopic (exact) mass is 212 g/mol. The number of ketones is 1. The van der Waals surface area contributed by atoms with Crippen molar-refractivity contribution in [2.75, 3.05) is 6.26 Å². The van der Waals surface area contributed by atoms with Crippen LogP contribution in [0.2, 0.25) is 0 Å². The molecule has 0 amide bonds.